The summed E-state index contributed by atoms with van der Waals surface area (Å²) in [4.78, 5) is 12.1. The third-order valence-electron chi connectivity index (χ3n) is 3.68. The highest BCUT2D eigenvalue weighted by Gasteiger charge is 2.15. The molecule has 1 heterocycles. The molecule has 0 aliphatic carbocycles. The molecule has 2 aromatic rings. The fourth-order valence-corrected chi connectivity index (χ4v) is 4.12. The van der Waals surface area contributed by atoms with Crippen LogP contribution in [0.4, 0.5) is 4.79 Å². The van der Waals surface area contributed by atoms with Gasteiger partial charge in [0, 0.05) is 28.2 Å². The number of hydrogen-bond acceptors (Lipinski definition) is 6. The molecule has 0 spiro atoms. The summed E-state index contributed by atoms with van der Waals surface area (Å²) in [5.74, 6) is 1.26. The molecule has 4 nitrogen and oxygen atoms in total. The number of benzene rings is 1. The Bertz CT molecular complexity index is 686. The number of rotatable bonds is 10. The van der Waals surface area contributed by atoms with Crippen LogP contribution in [0.25, 0.3) is 11.3 Å². The summed E-state index contributed by atoms with van der Waals surface area (Å²) >= 11 is 5.91. The molecule has 1 aromatic carbocycles. The molecule has 2 rings (SSSR count). The molecule has 0 bridgehead atoms. The van der Waals surface area contributed by atoms with E-state index in [4.69, 9.17) is 16.3 Å². The molecule has 0 amide bonds. The van der Waals surface area contributed by atoms with E-state index in [-0.39, 0.29) is 10.5 Å². The molecule has 0 aliphatic heterocycles. The zero-order valence-corrected chi connectivity index (χ0v) is 17.2. The van der Waals surface area contributed by atoms with Gasteiger partial charge in [-0.3, -0.25) is 0 Å². The number of ether oxygens (including phenoxy) is 1. The average molecular weight is 411 g/mol. The zero-order valence-electron chi connectivity index (χ0n) is 14.8. The fraction of sp³-hybridized carbons (Fsp3) is 0.421. The van der Waals surface area contributed by atoms with Gasteiger partial charge in [0.25, 0.3) is 0 Å². The van der Waals surface area contributed by atoms with E-state index in [1.54, 1.807) is 0 Å². The van der Waals surface area contributed by atoms with Crippen LogP contribution in [0, 0.1) is 0 Å². The van der Waals surface area contributed by atoms with E-state index in [2.05, 4.69) is 17.1 Å². The summed E-state index contributed by atoms with van der Waals surface area (Å²) in [7, 11) is 2.64. The Morgan fingerprint density at radius 3 is 2.58 bits per heavy atom. The first-order chi connectivity index (χ1) is 12.7. The van der Waals surface area contributed by atoms with Gasteiger partial charge in [-0.25, -0.2) is 4.79 Å². The molecule has 0 radical (unpaired) electrons. The monoisotopic (exact) mass is 410 g/mol. The quantitative estimate of drug-likeness (QED) is 0.238. The highest BCUT2D eigenvalue weighted by Crippen LogP contribution is 2.32. The largest absolute Gasteiger partial charge is 0.415 e. The molecule has 0 saturated heterocycles. The minimum Gasteiger partial charge on any atom is -0.415 e. The average Bonchev–Trinajstić information content (AvgIpc) is 2.65. The van der Waals surface area contributed by atoms with Gasteiger partial charge < -0.3 is 4.74 Å². The van der Waals surface area contributed by atoms with Gasteiger partial charge in [0.15, 0.2) is 10.9 Å². The summed E-state index contributed by atoms with van der Waals surface area (Å²) in [6.07, 6.45) is 7.46. The molecule has 0 saturated carbocycles. The Labute approximate surface area is 167 Å². The van der Waals surface area contributed by atoms with Gasteiger partial charge in [-0.1, -0.05) is 91.8 Å². The van der Waals surface area contributed by atoms with Crippen molar-refractivity contribution in [1.82, 2.24) is 10.2 Å². The Morgan fingerprint density at radius 1 is 1.08 bits per heavy atom. The topological polar surface area (TPSA) is 52.1 Å². The predicted octanol–water partition coefficient (Wildman–Crippen LogP) is 7.04. The number of halogens is 1. The van der Waals surface area contributed by atoms with Gasteiger partial charge >= 0.3 is 5.30 Å². The molecule has 0 N–H and O–H groups in total. The number of carbonyl (C=O) groups excluding carboxylic acids is 1. The van der Waals surface area contributed by atoms with Crippen molar-refractivity contribution in [3.8, 4) is 17.0 Å². The second kappa shape index (κ2) is 12.2. The lowest BCUT2D eigenvalue weighted by atomic mass is 10.1. The number of unbranched alkanes of at least 4 members (excludes halogenated alkanes) is 5. The summed E-state index contributed by atoms with van der Waals surface area (Å²) in [5, 5.41) is 7.74. The van der Waals surface area contributed by atoms with Crippen LogP contribution in [0.5, 0.6) is 5.75 Å². The molecule has 7 heteroatoms. The van der Waals surface area contributed by atoms with Crippen LogP contribution >= 0.6 is 33.2 Å². The van der Waals surface area contributed by atoms with Crippen LogP contribution in [0.2, 0.25) is 5.15 Å². The van der Waals surface area contributed by atoms with Gasteiger partial charge in [0.05, 0.1) is 0 Å². The second-order valence-electron chi connectivity index (χ2n) is 5.77. The van der Waals surface area contributed by atoms with E-state index in [0.717, 1.165) is 28.5 Å². The normalized spacial score (nSPS) is 10.7. The Kier molecular flexibility index (Phi) is 9.89. The summed E-state index contributed by atoms with van der Waals surface area (Å²) in [6, 6.07) is 11.0. The Balaban J connectivity index is 1.81. The second-order valence-corrected chi connectivity index (χ2v) is 8.51. The zero-order chi connectivity index (χ0) is 18.6. The molecule has 1 aromatic heterocycles. The van der Waals surface area contributed by atoms with Crippen molar-refractivity contribution in [2.45, 2.75) is 45.4 Å². The maximum atomic E-state index is 12.1. The third-order valence-corrected chi connectivity index (χ3v) is 5.92. The lowest BCUT2D eigenvalue weighted by molar-refractivity contribution is 0.227. The van der Waals surface area contributed by atoms with Crippen LogP contribution in [0.15, 0.2) is 36.4 Å². The minimum atomic E-state index is -0.373. The van der Waals surface area contributed by atoms with E-state index in [9.17, 15) is 4.79 Å². The maximum Gasteiger partial charge on any atom is 0.383 e. The molecular formula is C19H23ClN2O2S2. The lowest BCUT2D eigenvalue weighted by Gasteiger charge is -2.08. The highest BCUT2D eigenvalue weighted by atomic mass is 35.5. The molecule has 0 atom stereocenters. The lowest BCUT2D eigenvalue weighted by Crippen LogP contribution is -2.03. The standard InChI is InChI=1S/C19H23ClN2O2S2/c1-2-3-4-5-6-10-13-25-26-19(23)24-16-14-17(20)21-22-18(16)15-11-8-7-9-12-15/h7-9,11-12,14H,2-6,10,13H2,1H3. The van der Waals surface area contributed by atoms with Crippen molar-refractivity contribution in [1.29, 1.82) is 0 Å². The first-order valence-corrected chi connectivity index (χ1v) is 11.5. The van der Waals surface area contributed by atoms with Crippen molar-refractivity contribution in [2.24, 2.45) is 0 Å². The number of carbonyl (C=O) groups is 1. The molecule has 140 valence electrons. The number of aromatic nitrogens is 2. The van der Waals surface area contributed by atoms with E-state index in [1.807, 2.05) is 30.3 Å². The van der Waals surface area contributed by atoms with Crippen molar-refractivity contribution >= 4 is 38.5 Å². The fourth-order valence-electron chi connectivity index (χ4n) is 2.36. The minimum absolute atomic E-state index is 0.192. The van der Waals surface area contributed by atoms with Crippen molar-refractivity contribution in [3.63, 3.8) is 0 Å². The first kappa shape index (κ1) is 21.1. The summed E-state index contributed by atoms with van der Waals surface area (Å²) in [6.45, 7) is 2.22. The van der Waals surface area contributed by atoms with E-state index in [0.29, 0.717) is 11.4 Å². The van der Waals surface area contributed by atoms with Crippen LogP contribution in [-0.4, -0.2) is 21.3 Å². The molecule has 0 fully saturated rings. The van der Waals surface area contributed by atoms with Gasteiger partial charge in [-0.2, -0.15) is 0 Å². The maximum absolute atomic E-state index is 12.1. The first-order valence-electron chi connectivity index (χ1n) is 8.80. The predicted molar refractivity (Wildman–Crippen MR) is 112 cm³/mol. The third kappa shape index (κ3) is 7.56. The van der Waals surface area contributed by atoms with Crippen molar-refractivity contribution < 1.29 is 9.53 Å². The smallest absolute Gasteiger partial charge is 0.383 e. The van der Waals surface area contributed by atoms with Crippen LogP contribution in [0.1, 0.15) is 45.4 Å². The molecule has 26 heavy (non-hydrogen) atoms. The van der Waals surface area contributed by atoms with E-state index < -0.39 is 0 Å². The van der Waals surface area contributed by atoms with E-state index in [1.165, 1.54) is 49.0 Å². The van der Waals surface area contributed by atoms with Crippen LogP contribution in [0.3, 0.4) is 0 Å². The summed E-state index contributed by atoms with van der Waals surface area (Å²) < 4.78 is 5.46. The summed E-state index contributed by atoms with van der Waals surface area (Å²) in [5.41, 5.74) is 1.33. The van der Waals surface area contributed by atoms with Crippen LogP contribution in [-0.2, 0) is 0 Å². The number of nitrogens with zero attached hydrogens (tertiary/aromatic N) is 2. The Morgan fingerprint density at radius 2 is 1.81 bits per heavy atom. The SMILES string of the molecule is CCCCCCCCSSC(=O)Oc1cc(Cl)nnc1-c1ccccc1. The number of hydrogen-bond donors (Lipinski definition) is 0. The van der Waals surface area contributed by atoms with Gasteiger partial charge in [-0.05, 0) is 6.42 Å². The molecule has 0 aliphatic rings. The molecular weight excluding hydrogens is 388 g/mol. The Hall–Kier alpha value is -1.24. The van der Waals surface area contributed by atoms with Gasteiger partial charge in [0.1, 0.15) is 5.69 Å². The van der Waals surface area contributed by atoms with Crippen LogP contribution < -0.4 is 4.74 Å². The van der Waals surface area contributed by atoms with Gasteiger partial charge in [0.2, 0.25) is 0 Å². The van der Waals surface area contributed by atoms with Crippen molar-refractivity contribution in [2.75, 3.05) is 5.75 Å². The van der Waals surface area contributed by atoms with Crippen molar-refractivity contribution in [3.05, 3.63) is 41.6 Å². The molecule has 0 unspecified atom stereocenters. The van der Waals surface area contributed by atoms with E-state index >= 15 is 0 Å². The van der Waals surface area contributed by atoms with Gasteiger partial charge in [-0.15, -0.1) is 10.2 Å². The highest BCUT2D eigenvalue weighted by molar-refractivity contribution is 8.82.